The summed E-state index contributed by atoms with van der Waals surface area (Å²) in [6, 6.07) is 10.3. The molecule has 0 aliphatic carbocycles. The van der Waals surface area contributed by atoms with Crippen molar-refractivity contribution < 1.29 is 0 Å². The molecule has 0 aliphatic heterocycles. The van der Waals surface area contributed by atoms with Gasteiger partial charge in [-0.2, -0.15) is 0 Å². The van der Waals surface area contributed by atoms with Crippen LogP contribution in [0.4, 0.5) is 11.4 Å². The minimum Gasteiger partial charge on any atom is -0.399 e. The Balaban J connectivity index is 2.57. The first-order valence-corrected chi connectivity index (χ1v) is 5.72. The van der Waals surface area contributed by atoms with Crippen LogP contribution < -0.4 is 11.5 Å². The van der Waals surface area contributed by atoms with Crippen molar-refractivity contribution >= 4 is 11.4 Å². The molecule has 0 saturated heterocycles. The first-order chi connectivity index (χ1) is 7.99. The van der Waals surface area contributed by atoms with Gasteiger partial charge in [-0.05, 0) is 72.9 Å². The number of hydrogen-bond acceptors (Lipinski definition) is 2. The van der Waals surface area contributed by atoms with Crippen LogP contribution in [-0.4, -0.2) is 0 Å². The lowest BCUT2D eigenvalue weighted by atomic mass is 9.97. The smallest absolute Gasteiger partial charge is 0.0373 e. The normalized spacial score (nSPS) is 10.5. The first-order valence-electron chi connectivity index (χ1n) is 5.72. The van der Waals surface area contributed by atoms with E-state index in [0.717, 1.165) is 28.1 Å². The van der Waals surface area contributed by atoms with Gasteiger partial charge >= 0.3 is 0 Å². The molecule has 0 bridgehead atoms. The van der Waals surface area contributed by atoms with E-state index in [1.165, 1.54) is 11.1 Å². The van der Waals surface area contributed by atoms with E-state index in [1.54, 1.807) is 0 Å². The van der Waals surface area contributed by atoms with E-state index in [4.69, 9.17) is 11.5 Å². The van der Waals surface area contributed by atoms with Crippen LogP contribution in [0.5, 0.6) is 0 Å². The Kier molecular flexibility index (Phi) is 2.80. The number of nitrogen functional groups attached to an aromatic ring is 2. The molecule has 2 heteroatoms. The predicted octanol–water partition coefficient (Wildman–Crippen LogP) is 3.44. The van der Waals surface area contributed by atoms with Gasteiger partial charge in [-0.1, -0.05) is 6.07 Å². The van der Waals surface area contributed by atoms with Gasteiger partial charge in [0.15, 0.2) is 0 Å². The van der Waals surface area contributed by atoms with Crippen molar-refractivity contribution in [1.29, 1.82) is 0 Å². The quantitative estimate of drug-likeness (QED) is 0.732. The topological polar surface area (TPSA) is 52.0 Å². The van der Waals surface area contributed by atoms with E-state index in [2.05, 4.69) is 18.2 Å². The van der Waals surface area contributed by atoms with E-state index >= 15 is 0 Å². The molecule has 0 saturated carbocycles. The molecule has 2 nitrogen and oxygen atoms in total. The lowest BCUT2D eigenvalue weighted by Crippen LogP contribution is -1.95. The lowest BCUT2D eigenvalue weighted by Gasteiger charge is -2.10. The number of aryl methyl sites for hydroxylation is 3. The Hall–Kier alpha value is -1.96. The number of anilines is 2. The fraction of sp³-hybridized carbons (Fsp3) is 0.200. The van der Waals surface area contributed by atoms with E-state index in [-0.39, 0.29) is 0 Å². The van der Waals surface area contributed by atoms with Crippen molar-refractivity contribution in [2.75, 3.05) is 11.5 Å². The van der Waals surface area contributed by atoms with Crippen molar-refractivity contribution in [2.45, 2.75) is 20.8 Å². The van der Waals surface area contributed by atoms with E-state index < -0.39 is 0 Å². The highest BCUT2D eigenvalue weighted by atomic mass is 14.6. The molecule has 0 amide bonds. The molecular formula is C15H18N2. The van der Waals surface area contributed by atoms with Crippen molar-refractivity contribution in [1.82, 2.24) is 0 Å². The molecule has 0 atom stereocenters. The Labute approximate surface area is 102 Å². The second kappa shape index (κ2) is 4.13. The molecule has 88 valence electrons. The van der Waals surface area contributed by atoms with E-state index in [9.17, 15) is 0 Å². The van der Waals surface area contributed by atoms with Crippen LogP contribution in [0, 0.1) is 20.8 Å². The average molecular weight is 226 g/mol. The summed E-state index contributed by atoms with van der Waals surface area (Å²) < 4.78 is 0. The maximum absolute atomic E-state index is 5.96. The molecule has 17 heavy (non-hydrogen) atoms. The van der Waals surface area contributed by atoms with Crippen LogP contribution in [-0.2, 0) is 0 Å². The number of rotatable bonds is 1. The van der Waals surface area contributed by atoms with Gasteiger partial charge in [-0.25, -0.2) is 0 Å². The van der Waals surface area contributed by atoms with Crippen molar-refractivity contribution in [3.05, 3.63) is 47.0 Å². The van der Waals surface area contributed by atoms with Crippen LogP contribution in [0.1, 0.15) is 16.7 Å². The molecule has 2 rings (SSSR count). The summed E-state index contributed by atoms with van der Waals surface area (Å²) in [7, 11) is 0. The molecule has 0 unspecified atom stereocenters. The molecule has 4 N–H and O–H groups in total. The zero-order valence-corrected chi connectivity index (χ0v) is 10.5. The van der Waals surface area contributed by atoms with Crippen molar-refractivity contribution in [2.24, 2.45) is 0 Å². The second-order valence-corrected chi connectivity index (χ2v) is 4.60. The minimum absolute atomic E-state index is 0.831. The SMILES string of the molecule is Cc1cc(-c2cc(C)c(N)c(C)c2)ccc1N. The summed E-state index contributed by atoms with van der Waals surface area (Å²) in [5, 5.41) is 0. The number of nitrogens with two attached hydrogens (primary N) is 2. The van der Waals surface area contributed by atoms with Gasteiger partial charge < -0.3 is 11.5 Å². The highest BCUT2D eigenvalue weighted by Gasteiger charge is 2.05. The van der Waals surface area contributed by atoms with Gasteiger partial charge in [0.2, 0.25) is 0 Å². The van der Waals surface area contributed by atoms with Crippen molar-refractivity contribution in [3.63, 3.8) is 0 Å². The third-order valence-electron chi connectivity index (χ3n) is 3.20. The Morgan fingerprint density at radius 3 is 1.76 bits per heavy atom. The van der Waals surface area contributed by atoms with Gasteiger partial charge in [-0.15, -0.1) is 0 Å². The molecule has 2 aromatic rings. The summed E-state index contributed by atoms with van der Waals surface area (Å²) in [6.45, 7) is 6.10. The second-order valence-electron chi connectivity index (χ2n) is 4.60. The molecular weight excluding hydrogens is 208 g/mol. The molecule has 0 aliphatic rings. The first kappa shape index (κ1) is 11.5. The number of benzene rings is 2. The molecule has 0 radical (unpaired) electrons. The molecule has 0 heterocycles. The van der Waals surface area contributed by atoms with Crippen LogP contribution in [0.25, 0.3) is 11.1 Å². The largest absolute Gasteiger partial charge is 0.399 e. The van der Waals surface area contributed by atoms with Gasteiger partial charge in [0.1, 0.15) is 0 Å². The van der Waals surface area contributed by atoms with Gasteiger partial charge in [0.05, 0.1) is 0 Å². The highest BCUT2D eigenvalue weighted by molar-refractivity contribution is 5.72. The zero-order chi connectivity index (χ0) is 12.6. The summed E-state index contributed by atoms with van der Waals surface area (Å²) in [5.41, 5.74) is 19.2. The fourth-order valence-electron chi connectivity index (χ4n) is 2.00. The van der Waals surface area contributed by atoms with E-state index in [1.807, 2.05) is 32.9 Å². The molecule has 2 aromatic carbocycles. The maximum Gasteiger partial charge on any atom is 0.0373 e. The van der Waals surface area contributed by atoms with Gasteiger partial charge in [0.25, 0.3) is 0 Å². The fourth-order valence-corrected chi connectivity index (χ4v) is 2.00. The Bertz CT molecular complexity index is 548. The molecule has 0 aromatic heterocycles. The predicted molar refractivity (Wildman–Crippen MR) is 74.9 cm³/mol. The molecule has 0 spiro atoms. The van der Waals surface area contributed by atoms with Gasteiger partial charge in [0, 0.05) is 11.4 Å². The summed E-state index contributed by atoms with van der Waals surface area (Å²) in [6.07, 6.45) is 0. The summed E-state index contributed by atoms with van der Waals surface area (Å²) in [5.74, 6) is 0. The monoisotopic (exact) mass is 226 g/mol. The van der Waals surface area contributed by atoms with Crippen LogP contribution >= 0.6 is 0 Å². The Morgan fingerprint density at radius 1 is 0.706 bits per heavy atom. The standard InChI is InChI=1S/C15H18N2/c1-9-6-12(4-5-14(9)16)13-7-10(2)15(17)11(3)8-13/h4-8H,16-17H2,1-3H3. The van der Waals surface area contributed by atoms with Crippen LogP contribution in [0.15, 0.2) is 30.3 Å². The van der Waals surface area contributed by atoms with Crippen LogP contribution in [0.2, 0.25) is 0 Å². The third kappa shape index (κ3) is 2.11. The van der Waals surface area contributed by atoms with Gasteiger partial charge in [-0.3, -0.25) is 0 Å². The lowest BCUT2D eigenvalue weighted by molar-refractivity contribution is 1.38. The van der Waals surface area contributed by atoms with Crippen molar-refractivity contribution in [3.8, 4) is 11.1 Å². The maximum atomic E-state index is 5.96. The average Bonchev–Trinajstić information content (AvgIpc) is 2.29. The molecule has 0 fully saturated rings. The summed E-state index contributed by atoms with van der Waals surface area (Å²) >= 11 is 0. The minimum atomic E-state index is 0.831. The third-order valence-corrected chi connectivity index (χ3v) is 3.20. The zero-order valence-electron chi connectivity index (χ0n) is 10.5. The van der Waals surface area contributed by atoms with E-state index in [0.29, 0.717) is 0 Å². The van der Waals surface area contributed by atoms with Crippen LogP contribution in [0.3, 0.4) is 0 Å². The Morgan fingerprint density at radius 2 is 1.24 bits per heavy atom. The highest BCUT2D eigenvalue weighted by Crippen LogP contribution is 2.28. The summed E-state index contributed by atoms with van der Waals surface area (Å²) in [4.78, 5) is 0. The number of hydrogen-bond donors (Lipinski definition) is 2.